The van der Waals surface area contributed by atoms with E-state index < -0.39 is 0 Å². The monoisotopic (exact) mass is 156 g/mol. The second-order valence-electron chi connectivity index (χ2n) is 3.56. The lowest BCUT2D eigenvalue weighted by atomic mass is 9.86. The quantitative estimate of drug-likeness (QED) is 0.610. The SMILES string of the molecule is CCOC(C)C1CCCCC1. The van der Waals surface area contributed by atoms with E-state index in [0.717, 1.165) is 12.5 Å². The highest BCUT2D eigenvalue weighted by molar-refractivity contribution is 4.70. The van der Waals surface area contributed by atoms with Crippen molar-refractivity contribution in [2.24, 2.45) is 5.92 Å². The molecule has 11 heavy (non-hydrogen) atoms. The van der Waals surface area contributed by atoms with Crippen LogP contribution in [0.25, 0.3) is 0 Å². The van der Waals surface area contributed by atoms with Gasteiger partial charge in [0.05, 0.1) is 6.10 Å². The third-order valence-electron chi connectivity index (χ3n) is 2.74. The zero-order chi connectivity index (χ0) is 8.10. The highest BCUT2D eigenvalue weighted by Crippen LogP contribution is 2.27. The maximum atomic E-state index is 5.58. The Balaban J connectivity index is 2.21. The van der Waals surface area contributed by atoms with Crippen molar-refractivity contribution in [3.8, 4) is 0 Å². The summed E-state index contributed by atoms with van der Waals surface area (Å²) in [5, 5.41) is 0. The highest BCUT2D eigenvalue weighted by Gasteiger charge is 2.19. The van der Waals surface area contributed by atoms with Gasteiger partial charge in [-0.1, -0.05) is 19.3 Å². The van der Waals surface area contributed by atoms with Crippen molar-refractivity contribution < 1.29 is 4.74 Å². The zero-order valence-electron chi connectivity index (χ0n) is 7.81. The first kappa shape index (κ1) is 9.05. The van der Waals surface area contributed by atoms with Crippen LogP contribution < -0.4 is 0 Å². The molecule has 0 aromatic carbocycles. The summed E-state index contributed by atoms with van der Waals surface area (Å²) in [6.07, 6.45) is 7.56. The summed E-state index contributed by atoms with van der Waals surface area (Å²) >= 11 is 0. The van der Waals surface area contributed by atoms with Gasteiger partial charge in [0.15, 0.2) is 0 Å². The third-order valence-corrected chi connectivity index (χ3v) is 2.74. The van der Waals surface area contributed by atoms with Crippen LogP contribution in [0.3, 0.4) is 0 Å². The molecule has 0 aliphatic heterocycles. The number of hydrogen-bond acceptors (Lipinski definition) is 1. The van der Waals surface area contributed by atoms with Gasteiger partial charge in [-0.2, -0.15) is 0 Å². The Morgan fingerprint density at radius 1 is 1.27 bits per heavy atom. The molecule has 0 radical (unpaired) electrons. The first-order chi connectivity index (χ1) is 5.34. The predicted molar refractivity (Wildman–Crippen MR) is 47.7 cm³/mol. The van der Waals surface area contributed by atoms with E-state index >= 15 is 0 Å². The molecule has 0 saturated heterocycles. The summed E-state index contributed by atoms with van der Waals surface area (Å²) in [5.74, 6) is 0.851. The lowest BCUT2D eigenvalue weighted by molar-refractivity contribution is 0.0203. The first-order valence-electron chi connectivity index (χ1n) is 4.96. The van der Waals surface area contributed by atoms with Gasteiger partial charge in [-0.15, -0.1) is 0 Å². The fraction of sp³-hybridized carbons (Fsp3) is 1.00. The van der Waals surface area contributed by atoms with E-state index in [2.05, 4.69) is 13.8 Å². The lowest BCUT2D eigenvalue weighted by Crippen LogP contribution is -2.22. The van der Waals surface area contributed by atoms with Crippen LogP contribution in [0.1, 0.15) is 46.0 Å². The molecular weight excluding hydrogens is 136 g/mol. The Morgan fingerprint density at radius 3 is 2.45 bits per heavy atom. The molecule has 1 unspecified atom stereocenters. The molecule has 0 amide bonds. The molecule has 0 spiro atoms. The van der Waals surface area contributed by atoms with Gasteiger partial charge in [0.25, 0.3) is 0 Å². The second-order valence-corrected chi connectivity index (χ2v) is 3.56. The molecule has 1 fully saturated rings. The van der Waals surface area contributed by atoms with Gasteiger partial charge >= 0.3 is 0 Å². The van der Waals surface area contributed by atoms with Crippen LogP contribution in [-0.2, 0) is 4.74 Å². The fourth-order valence-electron chi connectivity index (χ4n) is 2.00. The lowest BCUT2D eigenvalue weighted by Gasteiger charge is -2.27. The first-order valence-corrected chi connectivity index (χ1v) is 4.96. The minimum absolute atomic E-state index is 0.500. The predicted octanol–water partition coefficient (Wildman–Crippen LogP) is 2.99. The van der Waals surface area contributed by atoms with Crippen LogP contribution in [0.15, 0.2) is 0 Å². The van der Waals surface area contributed by atoms with Crippen molar-refractivity contribution in [3.05, 3.63) is 0 Å². The van der Waals surface area contributed by atoms with E-state index in [1.807, 2.05) is 0 Å². The average Bonchev–Trinajstić information content (AvgIpc) is 2.07. The summed E-state index contributed by atoms with van der Waals surface area (Å²) < 4.78 is 5.58. The molecule has 1 aliphatic rings. The molecular formula is C10H20O. The van der Waals surface area contributed by atoms with E-state index in [9.17, 15) is 0 Å². The van der Waals surface area contributed by atoms with Gasteiger partial charge in [-0.25, -0.2) is 0 Å². The molecule has 1 atom stereocenters. The average molecular weight is 156 g/mol. The molecule has 1 nitrogen and oxygen atoms in total. The van der Waals surface area contributed by atoms with Crippen LogP contribution in [0.2, 0.25) is 0 Å². The normalized spacial score (nSPS) is 23.5. The van der Waals surface area contributed by atoms with Crippen molar-refractivity contribution in [2.45, 2.75) is 52.1 Å². The summed E-state index contributed by atoms with van der Waals surface area (Å²) in [5.41, 5.74) is 0. The topological polar surface area (TPSA) is 9.23 Å². The Labute approximate surface area is 70.1 Å². The van der Waals surface area contributed by atoms with Crippen molar-refractivity contribution >= 4 is 0 Å². The maximum absolute atomic E-state index is 5.58. The van der Waals surface area contributed by atoms with Crippen molar-refractivity contribution in [3.63, 3.8) is 0 Å². The van der Waals surface area contributed by atoms with Gasteiger partial charge in [-0.3, -0.25) is 0 Å². The molecule has 1 aliphatic carbocycles. The van der Waals surface area contributed by atoms with Crippen molar-refractivity contribution in [1.82, 2.24) is 0 Å². The van der Waals surface area contributed by atoms with E-state index in [-0.39, 0.29) is 0 Å². The summed E-state index contributed by atoms with van der Waals surface area (Å²) in [4.78, 5) is 0. The van der Waals surface area contributed by atoms with Crippen molar-refractivity contribution in [2.75, 3.05) is 6.61 Å². The van der Waals surface area contributed by atoms with Crippen LogP contribution in [-0.4, -0.2) is 12.7 Å². The Morgan fingerprint density at radius 2 is 1.91 bits per heavy atom. The van der Waals surface area contributed by atoms with Crippen LogP contribution >= 0.6 is 0 Å². The molecule has 1 rings (SSSR count). The molecule has 0 heterocycles. The Bertz CT molecular complexity index is 95.0. The summed E-state index contributed by atoms with van der Waals surface area (Å²) in [7, 11) is 0. The van der Waals surface area contributed by atoms with Crippen molar-refractivity contribution in [1.29, 1.82) is 0 Å². The maximum Gasteiger partial charge on any atom is 0.0575 e. The molecule has 1 saturated carbocycles. The van der Waals surface area contributed by atoms with E-state index in [4.69, 9.17) is 4.74 Å². The van der Waals surface area contributed by atoms with Gasteiger partial charge < -0.3 is 4.74 Å². The minimum Gasteiger partial charge on any atom is -0.379 e. The largest absolute Gasteiger partial charge is 0.379 e. The number of rotatable bonds is 3. The molecule has 66 valence electrons. The van der Waals surface area contributed by atoms with E-state index in [1.165, 1.54) is 32.1 Å². The Kier molecular flexibility index (Phi) is 3.92. The van der Waals surface area contributed by atoms with E-state index in [1.54, 1.807) is 0 Å². The number of ether oxygens (including phenoxy) is 1. The van der Waals surface area contributed by atoms with Crippen LogP contribution in [0.4, 0.5) is 0 Å². The summed E-state index contributed by atoms with van der Waals surface area (Å²) in [6.45, 7) is 5.18. The van der Waals surface area contributed by atoms with Crippen LogP contribution in [0.5, 0.6) is 0 Å². The smallest absolute Gasteiger partial charge is 0.0575 e. The second kappa shape index (κ2) is 4.76. The molecule has 0 N–H and O–H groups in total. The fourth-order valence-corrected chi connectivity index (χ4v) is 2.00. The minimum atomic E-state index is 0.500. The highest BCUT2D eigenvalue weighted by atomic mass is 16.5. The van der Waals surface area contributed by atoms with Gasteiger partial charge in [0.2, 0.25) is 0 Å². The molecule has 0 bridgehead atoms. The molecule has 0 aromatic heterocycles. The van der Waals surface area contributed by atoms with E-state index in [0.29, 0.717) is 6.10 Å². The summed E-state index contributed by atoms with van der Waals surface area (Å²) in [6, 6.07) is 0. The Hall–Kier alpha value is -0.0400. The van der Waals surface area contributed by atoms with Gasteiger partial charge in [0, 0.05) is 6.61 Å². The van der Waals surface area contributed by atoms with Gasteiger partial charge in [-0.05, 0) is 32.6 Å². The zero-order valence-corrected chi connectivity index (χ0v) is 7.81. The standard InChI is InChI=1S/C10H20O/c1-3-11-9(2)10-7-5-4-6-8-10/h9-10H,3-8H2,1-2H3. The number of hydrogen-bond donors (Lipinski definition) is 0. The van der Waals surface area contributed by atoms with Gasteiger partial charge in [0.1, 0.15) is 0 Å². The molecule has 1 heteroatoms. The van der Waals surface area contributed by atoms with Crippen LogP contribution in [0, 0.1) is 5.92 Å². The molecule has 0 aromatic rings. The third kappa shape index (κ3) is 2.82.